The van der Waals surface area contributed by atoms with Crippen LogP contribution in [-0.2, 0) is 32.1 Å². The molecule has 3 atom stereocenters. The summed E-state index contributed by atoms with van der Waals surface area (Å²) in [5, 5.41) is 48.0. The first-order valence-corrected chi connectivity index (χ1v) is 15.2. The molecule has 234 valence electrons. The molecule has 0 heterocycles. The maximum Gasteiger partial charge on any atom is 0.255 e. The number of aliphatic hydroxyl groups excluding tert-OH is 2. The van der Waals surface area contributed by atoms with E-state index < -0.39 is 52.0 Å². The normalized spacial score (nSPS) is 23.0. The van der Waals surface area contributed by atoms with E-state index in [-0.39, 0.29) is 36.1 Å². The van der Waals surface area contributed by atoms with Crippen LogP contribution in [0.5, 0.6) is 5.75 Å². The number of benzene rings is 2. The Morgan fingerprint density at radius 3 is 2.55 bits per heavy atom. The fourth-order valence-electron chi connectivity index (χ4n) is 6.82. The van der Waals surface area contributed by atoms with Gasteiger partial charge in [0.05, 0.1) is 5.56 Å². The second-order valence-corrected chi connectivity index (χ2v) is 12.0. The molecule has 10 heteroatoms. The molecule has 0 spiro atoms. The van der Waals surface area contributed by atoms with Gasteiger partial charge in [-0.3, -0.25) is 14.4 Å². The molecule has 3 aliphatic rings. The summed E-state index contributed by atoms with van der Waals surface area (Å²) in [6.07, 6.45) is 3.06. The van der Waals surface area contributed by atoms with Crippen LogP contribution in [-0.4, -0.2) is 63.3 Å². The highest BCUT2D eigenvalue weighted by Crippen LogP contribution is 2.53. The summed E-state index contributed by atoms with van der Waals surface area (Å²) in [5.41, 5.74) is 6.21. The van der Waals surface area contributed by atoms with Crippen molar-refractivity contribution in [2.24, 2.45) is 17.6 Å². The van der Waals surface area contributed by atoms with Crippen molar-refractivity contribution in [1.29, 1.82) is 0 Å². The third-order valence-corrected chi connectivity index (χ3v) is 9.15. The lowest BCUT2D eigenvalue weighted by Crippen LogP contribution is -2.58. The van der Waals surface area contributed by atoms with Gasteiger partial charge in [0.25, 0.3) is 5.91 Å². The standard InChI is InChI=1S/C34H40N2O8/c1-3-4-11-44-12-5-10-36-17-19-7-6-18(2)23(13-19)22-8-9-25(37)28-24(22)15-20-14-21-16-26(38)29(33(35)42)32(41)34(21,43)31(40)27(20)30(28)39/h6-9,13,20-21,36-37,39,41,43H,3-5,10-12,14-17H2,1-2H3,(H2,35,42)/t20-,21+,34+/m1/s1. The lowest BCUT2D eigenvalue weighted by Gasteiger charge is -2.46. The molecule has 7 N–H and O–H groups in total. The molecule has 10 nitrogen and oxygen atoms in total. The number of rotatable bonds is 11. The molecule has 3 aliphatic carbocycles. The smallest absolute Gasteiger partial charge is 0.255 e. The first kappa shape index (κ1) is 31.4. The second kappa shape index (κ2) is 12.6. The van der Waals surface area contributed by atoms with Crippen molar-refractivity contribution >= 4 is 23.2 Å². The van der Waals surface area contributed by atoms with Crippen molar-refractivity contribution < 1.29 is 39.5 Å². The fourth-order valence-corrected chi connectivity index (χ4v) is 6.82. The van der Waals surface area contributed by atoms with E-state index in [1.165, 1.54) is 6.07 Å². The zero-order valence-electron chi connectivity index (χ0n) is 25.1. The highest BCUT2D eigenvalue weighted by atomic mass is 16.5. The Hall–Kier alpha value is -3.99. The number of ketones is 2. The summed E-state index contributed by atoms with van der Waals surface area (Å²) in [7, 11) is 0. The Kier molecular flexibility index (Phi) is 8.97. The highest BCUT2D eigenvalue weighted by Gasteiger charge is 2.60. The van der Waals surface area contributed by atoms with Crippen molar-refractivity contribution in [3.05, 3.63) is 69.5 Å². The van der Waals surface area contributed by atoms with Gasteiger partial charge < -0.3 is 36.2 Å². The number of aliphatic hydroxyl groups is 3. The van der Waals surface area contributed by atoms with E-state index in [1.807, 2.05) is 19.1 Å². The molecule has 44 heavy (non-hydrogen) atoms. The summed E-state index contributed by atoms with van der Waals surface area (Å²) >= 11 is 0. The molecule has 2 aromatic rings. The number of carbonyl (C=O) groups excluding carboxylic acids is 3. The van der Waals surface area contributed by atoms with Crippen LogP contribution in [0.2, 0.25) is 0 Å². The average molecular weight is 605 g/mol. The summed E-state index contributed by atoms with van der Waals surface area (Å²) in [6, 6.07) is 9.39. The van der Waals surface area contributed by atoms with Gasteiger partial charge in [0, 0.05) is 37.7 Å². The minimum Gasteiger partial charge on any atom is -0.508 e. The lowest BCUT2D eigenvalue weighted by atomic mass is 9.59. The van der Waals surface area contributed by atoms with Gasteiger partial charge in [-0.2, -0.15) is 0 Å². The summed E-state index contributed by atoms with van der Waals surface area (Å²) in [4.78, 5) is 38.3. The molecule has 1 fully saturated rings. The molecule has 1 amide bonds. The molecule has 5 rings (SSSR count). The van der Waals surface area contributed by atoms with Gasteiger partial charge in [0.1, 0.15) is 22.8 Å². The molecular weight excluding hydrogens is 564 g/mol. The molecule has 2 aromatic carbocycles. The van der Waals surface area contributed by atoms with E-state index in [2.05, 4.69) is 18.3 Å². The van der Waals surface area contributed by atoms with Crippen LogP contribution in [0.3, 0.4) is 0 Å². The first-order valence-electron chi connectivity index (χ1n) is 15.2. The van der Waals surface area contributed by atoms with Gasteiger partial charge in [-0.1, -0.05) is 31.5 Å². The Bertz CT molecular complexity index is 1580. The predicted molar refractivity (Wildman–Crippen MR) is 164 cm³/mol. The maximum absolute atomic E-state index is 13.8. The number of fused-ring (bicyclic) bond motifs is 3. The Labute approximate surface area is 256 Å². The average Bonchev–Trinajstić information content (AvgIpc) is 2.97. The van der Waals surface area contributed by atoms with Gasteiger partial charge in [0.15, 0.2) is 11.4 Å². The number of carbonyl (C=O) groups is 3. The van der Waals surface area contributed by atoms with Crippen molar-refractivity contribution in [3.63, 3.8) is 0 Å². The fraction of sp³-hybridized carbons (Fsp3) is 0.441. The van der Waals surface area contributed by atoms with E-state index in [0.717, 1.165) is 54.7 Å². The van der Waals surface area contributed by atoms with Gasteiger partial charge in [-0.05, 0) is 85.0 Å². The second-order valence-electron chi connectivity index (χ2n) is 12.0. The number of primary amides is 1. The molecular formula is C34H40N2O8. The largest absolute Gasteiger partial charge is 0.508 e. The number of phenols is 1. The number of aryl methyl sites for hydroxylation is 1. The Morgan fingerprint density at radius 2 is 1.82 bits per heavy atom. The van der Waals surface area contributed by atoms with Crippen LogP contribution in [0.15, 0.2) is 47.2 Å². The monoisotopic (exact) mass is 604 g/mol. The van der Waals surface area contributed by atoms with E-state index in [0.29, 0.717) is 18.7 Å². The Balaban J connectivity index is 1.46. The SMILES string of the molecule is CCCCOCCCNCc1ccc(C)c(-c2ccc(O)c3c2C[C@H]2C[C@H]4CC(=O)C(C(N)=O)=C(O)[C@@]4(O)C(=O)C2=C3O)c1. The minimum absolute atomic E-state index is 0.0839. The predicted octanol–water partition coefficient (Wildman–Crippen LogP) is 3.70. The maximum atomic E-state index is 13.8. The number of Topliss-reactive ketones (excluding diaryl/α,β-unsaturated/α-hetero) is 2. The minimum atomic E-state index is -2.58. The molecule has 1 saturated carbocycles. The van der Waals surface area contributed by atoms with E-state index in [1.54, 1.807) is 6.07 Å². The molecule has 0 aliphatic heterocycles. The van der Waals surface area contributed by atoms with Crippen LogP contribution in [0.25, 0.3) is 16.9 Å². The number of aromatic hydroxyl groups is 1. The summed E-state index contributed by atoms with van der Waals surface area (Å²) < 4.78 is 5.62. The third-order valence-electron chi connectivity index (χ3n) is 9.15. The van der Waals surface area contributed by atoms with Crippen LogP contribution < -0.4 is 11.1 Å². The molecule has 0 radical (unpaired) electrons. The van der Waals surface area contributed by atoms with Crippen molar-refractivity contribution in [2.45, 2.75) is 64.5 Å². The van der Waals surface area contributed by atoms with Crippen LogP contribution in [0.4, 0.5) is 0 Å². The van der Waals surface area contributed by atoms with Gasteiger partial charge in [-0.25, -0.2) is 0 Å². The number of hydrogen-bond donors (Lipinski definition) is 6. The molecule has 0 unspecified atom stereocenters. The van der Waals surface area contributed by atoms with Gasteiger partial charge in [-0.15, -0.1) is 0 Å². The van der Waals surface area contributed by atoms with Gasteiger partial charge in [0.2, 0.25) is 5.78 Å². The Morgan fingerprint density at radius 1 is 1.07 bits per heavy atom. The third kappa shape index (κ3) is 5.42. The van der Waals surface area contributed by atoms with E-state index in [4.69, 9.17) is 10.5 Å². The van der Waals surface area contributed by atoms with E-state index >= 15 is 0 Å². The van der Waals surface area contributed by atoms with Crippen LogP contribution in [0, 0.1) is 18.8 Å². The molecule has 0 aromatic heterocycles. The summed E-state index contributed by atoms with van der Waals surface area (Å²) in [6.45, 7) is 7.06. The topological polar surface area (TPSA) is 179 Å². The van der Waals surface area contributed by atoms with E-state index in [9.17, 15) is 34.8 Å². The number of nitrogens with one attached hydrogen (secondary N) is 1. The molecule has 0 saturated heterocycles. The highest BCUT2D eigenvalue weighted by molar-refractivity contribution is 6.22. The number of unbranched alkanes of at least 4 members (excludes halogenated alkanes) is 1. The number of hydrogen-bond acceptors (Lipinski definition) is 9. The lowest BCUT2D eigenvalue weighted by molar-refractivity contribution is -0.147. The molecule has 0 bridgehead atoms. The number of nitrogens with two attached hydrogens (primary N) is 1. The van der Waals surface area contributed by atoms with Crippen molar-refractivity contribution in [1.82, 2.24) is 5.32 Å². The zero-order chi connectivity index (χ0) is 31.8. The van der Waals surface area contributed by atoms with Crippen molar-refractivity contribution in [3.8, 4) is 16.9 Å². The number of ether oxygens (including phenoxy) is 1. The van der Waals surface area contributed by atoms with Crippen LogP contribution >= 0.6 is 0 Å². The van der Waals surface area contributed by atoms with Crippen molar-refractivity contribution in [2.75, 3.05) is 19.8 Å². The van der Waals surface area contributed by atoms with Crippen LogP contribution in [0.1, 0.15) is 61.3 Å². The first-order chi connectivity index (χ1) is 21.0. The number of amides is 1. The quantitative estimate of drug-likeness (QED) is 0.165. The summed E-state index contributed by atoms with van der Waals surface area (Å²) in [5.74, 6) is -6.40. The number of phenolic OH excluding ortho intramolecular Hbond substituents is 1. The van der Waals surface area contributed by atoms with Gasteiger partial charge >= 0.3 is 0 Å². The zero-order valence-corrected chi connectivity index (χ0v) is 25.1.